The molecule has 0 N–H and O–H groups in total. The molecule has 0 saturated carbocycles. The van der Waals surface area contributed by atoms with Crippen LogP contribution in [0.5, 0.6) is 0 Å². The number of carbonyl (C=O) groups excluding carboxylic acids is 1. The molecule has 3 aromatic rings. The fourth-order valence-electron chi connectivity index (χ4n) is 2.81. The first-order valence-corrected chi connectivity index (χ1v) is 11.9. The number of phosphoric ester groups is 1. The lowest BCUT2D eigenvalue weighted by atomic mass is 10.2. The van der Waals surface area contributed by atoms with Crippen LogP contribution in [0.4, 0.5) is 0 Å². The first kappa shape index (κ1) is 24.8. The number of esters is 1. The van der Waals surface area contributed by atoms with Crippen molar-refractivity contribution in [3.63, 3.8) is 0 Å². The van der Waals surface area contributed by atoms with E-state index in [4.69, 9.17) is 23.0 Å². The van der Waals surface area contributed by atoms with Crippen molar-refractivity contribution >= 4 is 13.8 Å². The van der Waals surface area contributed by atoms with E-state index in [1.807, 2.05) is 91.0 Å². The van der Waals surface area contributed by atoms with E-state index in [9.17, 15) is 9.36 Å². The van der Waals surface area contributed by atoms with Crippen LogP contribution in [0, 0.1) is 0 Å². The fourth-order valence-corrected chi connectivity index (χ4v) is 3.97. The van der Waals surface area contributed by atoms with Gasteiger partial charge in [-0.05, 0) is 16.7 Å². The van der Waals surface area contributed by atoms with E-state index >= 15 is 0 Å². The number of methoxy groups -OCH3 is 1. The van der Waals surface area contributed by atoms with Gasteiger partial charge in [0.25, 0.3) is 0 Å². The molecule has 0 radical (unpaired) electrons. The van der Waals surface area contributed by atoms with E-state index in [2.05, 4.69) is 0 Å². The molecule has 7 nitrogen and oxygen atoms in total. The summed E-state index contributed by atoms with van der Waals surface area (Å²) in [5, 5.41) is 0. The smallest absolute Gasteiger partial charge is 0.467 e. The molecule has 3 aromatic carbocycles. The van der Waals surface area contributed by atoms with Gasteiger partial charge in [0.15, 0.2) is 6.10 Å². The Morgan fingerprint density at radius 3 is 1.55 bits per heavy atom. The molecule has 8 heteroatoms. The Morgan fingerprint density at radius 2 is 1.12 bits per heavy atom. The van der Waals surface area contributed by atoms with Gasteiger partial charge in [-0.15, -0.1) is 0 Å². The maximum atomic E-state index is 13.4. The highest BCUT2D eigenvalue weighted by atomic mass is 31.2. The van der Waals surface area contributed by atoms with Crippen LogP contribution in [0.1, 0.15) is 16.7 Å². The van der Waals surface area contributed by atoms with Crippen LogP contribution in [-0.2, 0) is 52.2 Å². The molecule has 0 heterocycles. The Bertz CT molecular complexity index is 965. The van der Waals surface area contributed by atoms with E-state index < -0.39 is 19.9 Å². The van der Waals surface area contributed by atoms with E-state index in [-0.39, 0.29) is 26.4 Å². The van der Waals surface area contributed by atoms with Gasteiger partial charge >= 0.3 is 13.8 Å². The minimum atomic E-state index is -4.04. The lowest BCUT2D eigenvalue weighted by Crippen LogP contribution is -2.30. The van der Waals surface area contributed by atoms with E-state index in [0.29, 0.717) is 0 Å². The number of benzene rings is 3. The minimum absolute atomic E-state index is 0.0146. The molecule has 0 bridgehead atoms. The highest BCUT2D eigenvalue weighted by Crippen LogP contribution is 2.51. The fraction of sp³-hybridized carbons (Fsp3) is 0.240. The third kappa shape index (κ3) is 8.57. The van der Waals surface area contributed by atoms with Crippen molar-refractivity contribution < 1.29 is 32.4 Å². The second-order valence-electron chi connectivity index (χ2n) is 7.07. The van der Waals surface area contributed by atoms with Gasteiger partial charge in [-0.3, -0.25) is 13.6 Å². The monoisotopic (exact) mass is 470 g/mol. The van der Waals surface area contributed by atoms with E-state index in [1.165, 1.54) is 7.11 Å². The van der Waals surface area contributed by atoms with Gasteiger partial charge < -0.3 is 9.47 Å². The summed E-state index contributed by atoms with van der Waals surface area (Å²) in [7, 11) is -2.79. The maximum Gasteiger partial charge on any atom is 0.475 e. The molecule has 0 aliphatic heterocycles. The Labute approximate surface area is 193 Å². The molecular weight excluding hydrogens is 443 g/mol. The number of hydrogen-bond donors (Lipinski definition) is 0. The predicted octanol–water partition coefficient (Wildman–Crippen LogP) is 5.30. The van der Waals surface area contributed by atoms with Crippen molar-refractivity contribution in [1.29, 1.82) is 0 Å². The number of rotatable bonds is 13. The number of carbonyl (C=O) groups is 1. The molecule has 174 valence electrons. The lowest BCUT2D eigenvalue weighted by Gasteiger charge is -2.21. The van der Waals surface area contributed by atoms with Crippen LogP contribution in [0.3, 0.4) is 0 Å². The minimum Gasteiger partial charge on any atom is -0.467 e. The zero-order valence-electron chi connectivity index (χ0n) is 18.4. The summed E-state index contributed by atoms with van der Waals surface area (Å²) in [5.41, 5.74) is 2.47. The molecule has 0 amide bonds. The average molecular weight is 470 g/mol. The molecule has 0 fully saturated rings. The third-order valence-electron chi connectivity index (χ3n) is 4.61. The Hall–Kier alpha value is -2.80. The van der Waals surface area contributed by atoms with Crippen LogP contribution < -0.4 is 0 Å². The van der Waals surface area contributed by atoms with Crippen molar-refractivity contribution in [2.45, 2.75) is 25.9 Å². The SMILES string of the molecule is COC(=O)[C@@H](COP(=O)(OCc1ccccc1)OCc1ccccc1)OCc1ccccc1. The standard InChI is InChI=1S/C25H27O7P/c1-28-25(26)24(29-17-21-11-5-2-6-12-21)20-32-33(27,30-18-22-13-7-3-8-14-22)31-19-23-15-9-4-10-16-23/h2-16,24H,17-20H2,1H3/t24-/m1/s1. The van der Waals surface area contributed by atoms with Gasteiger partial charge in [0.2, 0.25) is 0 Å². The average Bonchev–Trinajstić information content (AvgIpc) is 2.88. The number of phosphoric acid groups is 1. The summed E-state index contributed by atoms with van der Waals surface area (Å²) in [6.07, 6.45) is -1.11. The lowest BCUT2D eigenvalue weighted by molar-refractivity contribution is -0.157. The van der Waals surface area contributed by atoms with Crippen molar-refractivity contribution in [1.82, 2.24) is 0 Å². The number of ether oxygens (including phenoxy) is 2. The molecule has 33 heavy (non-hydrogen) atoms. The van der Waals surface area contributed by atoms with E-state index in [0.717, 1.165) is 16.7 Å². The largest absolute Gasteiger partial charge is 0.475 e. The first-order valence-electron chi connectivity index (χ1n) is 10.4. The molecule has 0 aromatic heterocycles. The molecule has 0 aliphatic carbocycles. The Kier molecular flexibility index (Phi) is 9.81. The molecular formula is C25H27O7P. The summed E-state index contributed by atoms with van der Waals surface area (Å²) in [4.78, 5) is 12.2. The topological polar surface area (TPSA) is 80.3 Å². The van der Waals surface area contributed by atoms with Crippen molar-refractivity contribution in [2.24, 2.45) is 0 Å². The molecule has 0 aliphatic rings. The van der Waals surface area contributed by atoms with Gasteiger partial charge in [0, 0.05) is 0 Å². The van der Waals surface area contributed by atoms with Crippen LogP contribution in [-0.4, -0.2) is 25.8 Å². The van der Waals surface area contributed by atoms with Crippen LogP contribution in [0.25, 0.3) is 0 Å². The zero-order chi connectivity index (χ0) is 23.4. The molecule has 0 spiro atoms. The maximum absolute atomic E-state index is 13.4. The molecule has 0 saturated heterocycles. The second-order valence-corrected chi connectivity index (χ2v) is 8.74. The Balaban J connectivity index is 1.66. The van der Waals surface area contributed by atoms with Crippen LogP contribution >= 0.6 is 7.82 Å². The van der Waals surface area contributed by atoms with Gasteiger partial charge in [0.1, 0.15) is 0 Å². The van der Waals surface area contributed by atoms with Gasteiger partial charge in [-0.2, -0.15) is 0 Å². The Morgan fingerprint density at radius 1 is 0.697 bits per heavy atom. The predicted molar refractivity (Wildman–Crippen MR) is 123 cm³/mol. The van der Waals surface area contributed by atoms with Gasteiger partial charge in [-0.1, -0.05) is 91.0 Å². The van der Waals surface area contributed by atoms with Crippen molar-refractivity contribution in [2.75, 3.05) is 13.7 Å². The summed E-state index contributed by atoms with van der Waals surface area (Å²) in [6, 6.07) is 27.8. The third-order valence-corrected chi connectivity index (χ3v) is 5.96. The van der Waals surface area contributed by atoms with Crippen molar-refractivity contribution in [3.05, 3.63) is 108 Å². The van der Waals surface area contributed by atoms with Gasteiger partial charge in [-0.25, -0.2) is 9.36 Å². The quantitative estimate of drug-likeness (QED) is 0.248. The van der Waals surface area contributed by atoms with Gasteiger partial charge in [0.05, 0.1) is 33.5 Å². The van der Waals surface area contributed by atoms with Crippen LogP contribution in [0.2, 0.25) is 0 Å². The highest BCUT2D eigenvalue weighted by Gasteiger charge is 2.31. The summed E-state index contributed by atoms with van der Waals surface area (Å²) >= 11 is 0. The van der Waals surface area contributed by atoms with Crippen molar-refractivity contribution in [3.8, 4) is 0 Å². The first-order chi connectivity index (χ1) is 16.1. The number of hydrogen-bond acceptors (Lipinski definition) is 7. The van der Waals surface area contributed by atoms with Crippen LogP contribution in [0.15, 0.2) is 91.0 Å². The second kappa shape index (κ2) is 13.0. The molecule has 1 atom stereocenters. The molecule has 3 rings (SSSR count). The summed E-state index contributed by atoms with van der Waals surface area (Å²) < 4.78 is 40.5. The highest BCUT2D eigenvalue weighted by molar-refractivity contribution is 7.48. The normalized spacial score (nSPS) is 12.3. The summed E-state index contributed by atoms with van der Waals surface area (Å²) in [5.74, 6) is -0.649. The van der Waals surface area contributed by atoms with E-state index in [1.54, 1.807) is 0 Å². The summed E-state index contributed by atoms with van der Waals surface area (Å²) in [6.45, 7) is -0.175. The molecule has 0 unspecified atom stereocenters. The zero-order valence-corrected chi connectivity index (χ0v) is 19.3.